The molecule has 0 aromatic heterocycles. The van der Waals surface area contributed by atoms with Gasteiger partial charge >= 0.3 is 0 Å². The summed E-state index contributed by atoms with van der Waals surface area (Å²) in [5.74, 6) is 0. The fourth-order valence-electron chi connectivity index (χ4n) is 0.226. The maximum Gasteiger partial charge on any atom is 0.0734 e. The standard InChI is InChI=1S/C6H8ClN/c1-4-8-6(3)5(2)7/h4H,2-3H2,1H3. The van der Waals surface area contributed by atoms with Crippen molar-refractivity contribution in [2.75, 3.05) is 0 Å². The first kappa shape index (κ1) is 7.44. The van der Waals surface area contributed by atoms with Crippen LogP contribution in [0.5, 0.6) is 0 Å². The molecule has 0 bridgehead atoms. The second-order valence-corrected chi connectivity index (χ2v) is 1.70. The van der Waals surface area contributed by atoms with E-state index >= 15 is 0 Å². The first-order valence-corrected chi connectivity index (χ1v) is 2.58. The van der Waals surface area contributed by atoms with Crippen molar-refractivity contribution in [1.29, 1.82) is 0 Å². The van der Waals surface area contributed by atoms with E-state index in [2.05, 4.69) is 18.2 Å². The predicted molar refractivity (Wildman–Crippen MR) is 38.3 cm³/mol. The van der Waals surface area contributed by atoms with Crippen LogP contribution in [-0.2, 0) is 0 Å². The molecule has 0 unspecified atom stereocenters. The lowest BCUT2D eigenvalue weighted by Crippen LogP contribution is -1.71. The van der Waals surface area contributed by atoms with E-state index in [0.29, 0.717) is 10.7 Å². The molecule has 0 spiro atoms. The monoisotopic (exact) mass is 129 g/mol. The summed E-state index contributed by atoms with van der Waals surface area (Å²) in [4.78, 5) is 3.77. The SMILES string of the molecule is C=C(Cl)C(=C)N=CC. The maximum atomic E-state index is 5.40. The number of aliphatic imine (C=N–C) groups is 1. The molecule has 0 N–H and O–H groups in total. The molecule has 0 radical (unpaired) electrons. The minimum Gasteiger partial charge on any atom is -0.261 e. The second-order valence-electron chi connectivity index (χ2n) is 1.24. The van der Waals surface area contributed by atoms with Crippen LogP contribution in [0, 0.1) is 0 Å². The molecule has 0 fully saturated rings. The molecule has 1 nitrogen and oxygen atoms in total. The average Bonchev–Trinajstić information content (AvgIpc) is 1.67. The maximum absolute atomic E-state index is 5.40. The van der Waals surface area contributed by atoms with Crippen LogP contribution in [0.4, 0.5) is 0 Å². The first-order chi connectivity index (χ1) is 3.68. The second kappa shape index (κ2) is 3.44. The zero-order valence-corrected chi connectivity index (χ0v) is 5.57. The van der Waals surface area contributed by atoms with Gasteiger partial charge in [0.2, 0.25) is 0 Å². The van der Waals surface area contributed by atoms with E-state index in [9.17, 15) is 0 Å². The Morgan fingerprint density at radius 1 is 1.62 bits per heavy atom. The van der Waals surface area contributed by atoms with Crippen molar-refractivity contribution in [3.63, 3.8) is 0 Å². The Balaban J connectivity index is 3.85. The minimum atomic E-state index is 0.392. The highest BCUT2D eigenvalue weighted by Gasteiger charge is 1.87. The van der Waals surface area contributed by atoms with E-state index < -0.39 is 0 Å². The van der Waals surface area contributed by atoms with E-state index in [1.807, 2.05) is 0 Å². The highest BCUT2D eigenvalue weighted by Crippen LogP contribution is 2.09. The van der Waals surface area contributed by atoms with E-state index in [1.54, 1.807) is 13.1 Å². The quantitative estimate of drug-likeness (QED) is 0.401. The summed E-state index contributed by atoms with van der Waals surface area (Å²) in [6.07, 6.45) is 1.62. The van der Waals surface area contributed by atoms with E-state index in [0.717, 1.165) is 0 Å². The molecule has 0 aliphatic rings. The molecule has 0 amide bonds. The summed E-state index contributed by atoms with van der Waals surface area (Å²) in [5, 5.41) is 0.392. The van der Waals surface area contributed by atoms with E-state index in [1.165, 1.54) is 0 Å². The molecular formula is C6H8ClN. The Kier molecular flexibility index (Phi) is 3.20. The van der Waals surface area contributed by atoms with E-state index in [-0.39, 0.29) is 0 Å². The smallest absolute Gasteiger partial charge is 0.0734 e. The van der Waals surface area contributed by atoms with Crippen molar-refractivity contribution in [1.82, 2.24) is 0 Å². The fourth-order valence-corrected chi connectivity index (χ4v) is 0.275. The molecule has 44 valence electrons. The van der Waals surface area contributed by atoms with Gasteiger partial charge in [0.25, 0.3) is 0 Å². The number of hydrogen-bond acceptors (Lipinski definition) is 1. The fraction of sp³-hybridized carbons (Fsp3) is 0.167. The van der Waals surface area contributed by atoms with E-state index in [4.69, 9.17) is 11.6 Å². The zero-order chi connectivity index (χ0) is 6.57. The summed E-state index contributed by atoms with van der Waals surface area (Å²) in [6.45, 7) is 8.74. The highest BCUT2D eigenvalue weighted by molar-refractivity contribution is 6.31. The van der Waals surface area contributed by atoms with Gasteiger partial charge in [0.15, 0.2) is 0 Å². The zero-order valence-electron chi connectivity index (χ0n) is 4.82. The van der Waals surface area contributed by atoms with Gasteiger partial charge in [-0.25, -0.2) is 0 Å². The summed E-state index contributed by atoms with van der Waals surface area (Å²) in [5.41, 5.74) is 0.522. The highest BCUT2D eigenvalue weighted by atomic mass is 35.5. The molecule has 2 heteroatoms. The number of allylic oxidation sites excluding steroid dienone is 1. The van der Waals surface area contributed by atoms with Gasteiger partial charge in [-0.2, -0.15) is 0 Å². The summed E-state index contributed by atoms with van der Waals surface area (Å²) in [7, 11) is 0. The van der Waals surface area contributed by atoms with Crippen LogP contribution in [-0.4, -0.2) is 6.21 Å². The Morgan fingerprint density at radius 3 is 2.25 bits per heavy atom. The molecular weight excluding hydrogens is 122 g/mol. The molecule has 0 heterocycles. The Labute approximate surface area is 54.4 Å². The Hall–Kier alpha value is -0.560. The van der Waals surface area contributed by atoms with Crippen molar-refractivity contribution in [2.24, 2.45) is 4.99 Å². The molecule has 0 saturated carbocycles. The van der Waals surface area contributed by atoms with Crippen LogP contribution in [0.15, 0.2) is 28.9 Å². The summed E-state index contributed by atoms with van der Waals surface area (Å²) < 4.78 is 0. The van der Waals surface area contributed by atoms with Gasteiger partial charge in [-0.15, -0.1) is 0 Å². The van der Waals surface area contributed by atoms with Crippen LogP contribution in [0.2, 0.25) is 0 Å². The Bertz CT molecular complexity index is 135. The average molecular weight is 130 g/mol. The lowest BCUT2D eigenvalue weighted by molar-refractivity contribution is 1.43. The van der Waals surface area contributed by atoms with Crippen LogP contribution in [0.1, 0.15) is 6.92 Å². The molecule has 0 aliphatic heterocycles. The predicted octanol–water partition coefficient (Wildman–Crippen LogP) is 2.34. The van der Waals surface area contributed by atoms with Crippen molar-refractivity contribution < 1.29 is 0 Å². The van der Waals surface area contributed by atoms with Gasteiger partial charge < -0.3 is 0 Å². The van der Waals surface area contributed by atoms with Crippen molar-refractivity contribution in [3.8, 4) is 0 Å². The number of rotatable bonds is 2. The molecule has 0 atom stereocenters. The van der Waals surface area contributed by atoms with Gasteiger partial charge in [0, 0.05) is 6.21 Å². The molecule has 0 rings (SSSR count). The minimum absolute atomic E-state index is 0.392. The van der Waals surface area contributed by atoms with Gasteiger partial charge in [0.1, 0.15) is 0 Å². The lowest BCUT2D eigenvalue weighted by atomic mass is 10.5. The molecule has 0 aromatic carbocycles. The number of nitrogens with zero attached hydrogens (tertiary/aromatic N) is 1. The lowest BCUT2D eigenvalue weighted by Gasteiger charge is -1.89. The number of halogens is 1. The third-order valence-electron chi connectivity index (χ3n) is 0.598. The van der Waals surface area contributed by atoms with Crippen molar-refractivity contribution in [3.05, 3.63) is 23.9 Å². The molecule has 0 saturated heterocycles. The van der Waals surface area contributed by atoms with Crippen LogP contribution >= 0.6 is 11.6 Å². The Morgan fingerprint density at radius 2 is 2.12 bits per heavy atom. The largest absolute Gasteiger partial charge is 0.261 e. The van der Waals surface area contributed by atoms with Crippen molar-refractivity contribution in [2.45, 2.75) is 6.92 Å². The summed E-state index contributed by atoms with van der Waals surface area (Å²) in [6, 6.07) is 0. The molecule has 0 aliphatic carbocycles. The molecule has 8 heavy (non-hydrogen) atoms. The number of hydrogen-bond donors (Lipinski definition) is 0. The van der Waals surface area contributed by atoms with Gasteiger partial charge in [-0.3, -0.25) is 4.99 Å². The summed E-state index contributed by atoms with van der Waals surface area (Å²) >= 11 is 5.40. The van der Waals surface area contributed by atoms with Gasteiger partial charge in [-0.1, -0.05) is 24.8 Å². The topological polar surface area (TPSA) is 12.4 Å². The van der Waals surface area contributed by atoms with Crippen LogP contribution < -0.4 is 0 Å². The van der Waals surface area contributed by atoms with Crippen LogP contribution in [0.25, 0.3) is 0 Å². The van der Waals surface area contributed by atoms with Gasteiger partial charge in [-0.05, 0) is 6.92 Å². The van der Waals surface area contributed by atoms with Gasteiger partial charge in [0.05, 0.1) is 10.7 Å². The van der Waals surface area contributed by atoms with Crippen molar-refractivity contribution >= 4 is 17.8 Å². The first-order valence-electron chi connectivity index (χ1n) is 2.21. The van der Waals surface area contributed by atoms with Crippen LogP contribution in [0.3, 0.4) is 0 Å². The molecule has 0 aromatic rings. The third-order valence-corrected chi connectivity index (χ3v) is 0.816. The third kappa shape index (κ3) is 2.59. The normalized spacial score (nSPS) is 9.75.